The second-order valence-corrected chi connectivity index (χ2v) is 5.35. The minimum atomic E-state index is -0.154. The van der Waals surface area contributed by atoms with Gasteiger partial charge in [0.15, 0.2) is 0 Å². The zero-order chi connectivity index (χ0) is 16.4. The first-order valence-corrected chi connectivity index (χ1v) is 6.83. The third-order valence-electron chi connectivity index (χ3n) is 3.15. The summed E-state index contributed by atoms with van der Waals surface area (Å²) in [6.45, 7) is 14.2. The number of allylic oxidation sites excluding steroid dienone is 4. The zero-order valence-electron chi connectivity index (χ0n) is 10.7. The SMILES string of the molecule is [C-]#[N+]C(C#N)=C1CC(=C(C#N)[N+]#[C-])c2c1cc(Cl)c(Cl)c2Cl. The van der Waals surface area contributed by atoms with Gasteiger partial charge in [-0.1, -0.05) is 34.8 Å². The Kier molecular flexibility index (Phi) is 4.42. The summed E-state index contributed by atoms with van der Waals surface area (Å²) in [6, 6.07) is 5.10. The third-order valence-corrected chi connectivity index (χ3v) is 4.41. The summed E-state index contributed by atoms with van der Waals surface area (Å²) in [5.74, 6) is 0. The van der Waals surface area contributed by atoms with E-state index >= 15 is 0 Å². The van der Waals surface area contributed by atoms with Crippen LogP contribution in [0.4, 0.5) is 0 Å². The van der Waals surface area contributed by atoms with Crippen molar-refractivity contribution in [2.24, 2.45) is 0 Å². The maximum Gasteiger partial charge on any atom is 0.266 e. The fraction of sp³-hybridized carbons (Fsp3) is 0.0667. The van der Waals surface area contributed by atoms with E-state index in [4.69, 9.17) is 58.5 Å². The molecule has 1 aliphatic rings. The summed E-state index contributed by atoms with van der Waals surface area (Å²) >= 11 is 18.2. The van der Waals surface area contributed by atoms with Crippen molar-refractivity contribution in [3.8, 4) is 12.1 Å². The van der Waals surface area contributed by atoms with Gasteiger partial charge in [0.1, 0.15) is 0 Å². The van der Waals surface area contributed by atoms with Crippen LogP contribution in [-0.2, 0) is 0 Å². The van der Waals surface area contributed by atoms with Crippen LogP contribution < -0.4 is 0 Å². The molecule has 0 N–H and O–H groups in total. The number of rotatable bonds is 0. The number of fused-ring (bicyclic) bond motifs is 1. The van der Waals surface area contributed by atoms with Gasteiger partial charge in [0.05, 0.1) is 40.4 Å². The molecule has 0 saturated carbocycles. The third kappa shape index (κ3) is 2.31. The lowest BCUT2D eigenvalue weighted by Crippen LogP contribution is -1.88. The minimum absolute atomic E-state index is 0.0856. The maximum atomic E-state index is 9.10. The Bertz CT molecular complexity index is 896. The Morgan fingerprint density at radius 1 is 1.00 bits per heavy atom. The number of nitrogens with zero attached hydrogens (tertiary/aromatic N) is 4. The highest BCUT2D eigenvalue weighted by atomic mass is 35.5. The predicted octanol–water partition coefficient (Wildman–Crippen LogP) is 5.36. The number of hydrogen-bond acceptors (Lipinski definition) is 2. The van der Waals surface area contributed by atoms with Crippen molar-refractivity contribution in [1.29, 1.82) is 10.5 Å². The number of hydrogen-bond donors (Lipinski definition) is 0. The van der Waals surface area contributed by atoms with Crippen molar-refractivity contribution in [3.05, 3.63) is 66.5 Å². The molecule has 4 nitrogen and oxygen atoms in total. The van der Waals surface area contributed by atoms with Crippen molar-refractivity contribution in [3.63, 3.8) is 0 Å². The maximum absolute atomic E-state index is 9.10. The highest BCUT2D eigenvalue weighted by Crippen LogP contribution is 2.50. The van der Waals surface area contributed by atoms with Gasteiger partial charge in [0, 0.05) is 0 Å². The molecule has 1 aromatic rings. The van der Waals surface area contributed by atoms with E-state index < -0.39 is 0 Å². The molecule has 0 saturated heterocycles. The first-order valence-electron chi connectivity index (χ1n) is 5.69. The monoisotopic (exact) mass is 344 g/mol. The number of nitriles is 2. The largest absolute Gasteiger partial charge is 0.266 e. The van der Waals surface area contributed by atoms with Gasteiger partial charge >= 0.3 is 0 Å². The zero-order valence-corrected chi connectivity index (χ0v) is 13.0. The highest BCUT2D eigenvalue weighted by molar-refractivity contribution is 6.49. The molecule has 0 aromatic heterocycles. The minimum Gasteiger partial charge on any atom is -0.226 e. The molecule has 7 heteroatoms. The Hall–Kier alpha value is -2.47. The molecule has 22 heavy (non-hydrogen) atoms. The summed E-state index contributed by atoms with van der Waals surface area (Å²) in [5.41, 5.74) is 1.29. The van der Waals surface area contributed by atoms with Crippen molar-refractivity contribution in [1.82, 2.24) is 0 Å². The van der Waals surface area contributed by atoms with Crippen molar-refractivity contribution < 1.29 is 0 Å². The summed E-state index contributed by atoms with van der Waals surface area (Å²) < 4.78 is 0. The molecule has 0 atom stereocenters. The van der Waals surface area contributed by atoms with Gasteiger partial charge in [-0.05, 0) is 34.8 Å². The normalized spacial score (nSPS) is 16.7. The van der Waals surface area contributed by atoms with Gasteiger partial charge in [-0.2, -0.15) is 0 Å². The summed E-state index contributed by atoms with van der Waals surface area (Å²) in [5, 5.41) is 18.6. The van der Waals surface area contributed by atoms with E-state index in [9.17, 15) is 0 Å². The number of benzene rings is 1. The van der Waals surface area contributed by atoms with E-state index in [0.29, 0.717) is 22.3 Å². The van der Waals surface area contributed by atoms with Crippen LogP contribution in [-0.4, -0.2) is 0 Å². The topological polar surface area (TPSA) is 56.3 Å². The van der Waals surface area contributed by atoms with E-state index in [1.165, 1.54) is 6.07 Å². The van der Waals surface area contributed by atoms with Gasteiger partial charge in [-0.3, -0.25) is 0 Å². The Balaban J connectivity index is 3.01. The summed E-state index contributed by atoms with van der Waals surface area (Å²) in [6.07, 6.45) is 0.0856. The lowest BCUT2D eigenvalue weighted by Gasteiger charge is -2.08. The van der Waals surface area contributed by atoms with Crippen LogP contribution in [0.5, 0.6) is 0 Å². The van der Waals surface area contributed by atoms with Gasteiger partial charge in [-0.15, -0.1) is 0 Å². The van der Waals surface area contributed by atoms with E-state index in [0.717, 1.165) is 0 Å². The average molecular weight is 346 g/mol. The Morgan fingerprint density at radius 3 is 2.05 bits per heavy atom. The van der Waals surface area contributed by atoms with Crippen LogP contribution in [0, 0.1) is 35.8 Å². The van der Waals surface area contributed by atoms with Gasteiger partial charge < -0.3 is 0 Å². The van der Waals surface area contributed by atoms with Gasteiger partial charge in [0.2, 0.25) is 0 Å². The van der Waals surface area contributed by atoms with Crippen LogP contribution in [0.2, 0.25) is 15.1 Å². The second kappa shape index (κ2) is 6.11. The van der Waals surface area contributed by atoms with E-state index in [2.05, 4.69) is 9.69 Å². The van der Waals surface area contributed by atoms with Gasteiger partial charge in [-0.25, -0.2) is 20.2 Å². The molecule has 0 fully saturated rings. The molecule has 0 aliphatic heterocycles. The molecule has 0 unspecified atom stereocenters. The molecule has 1 aliphatic carbocycles. The molecule has 0 amide bonds. The Morgan fingerprint density at radius 2 is 1.55 bits per heavy atom. The van der Waals surface area contributed by atoms with Crippen molar-refractivity contribution in [2.45, 2.75) is 6.42 Å². The van der Waals surface area contributed by atoms with Crippen LogP contribution in [0.15, 0.2) is 17.5 Å². The number of halogens is 3. The summed E-state index contributed by atoms with van der Waals surface area (Å²) in [4.78, 5) is 6.36. The molecule has 1 aromatic carbocycles. The van der Waals surface area contributed by atoms with Crippen LogP contribution in [0.3, 0.4) is 0 Å². The molecule has 104 valence electrons. The van der Waals surface area contributed by atoms with Crippen LogP contribution >= 0.6 is 34.8 Å². The van der Waals surface area contributed by atoms with E-state index in [1.54, 1.807) is 12.1 Å². The lowest BCUT2D eigenvalue weighted by atomic mass is 10.0. The molecular weight excluding hydrogens is 343 g/mol. The first-order chi connectivity index (χ1) is 10.5. The molecule has 2 rings (SSSR count). The van der Waals surface area contributed by atoms with E-state index in [1.807, 2.05) is 0 Å². The first kappa shape index (κ1) is 15.9. The second-order valence-electron chi connectivity index (χ2n) is 4.19. The van der Waals surface area contributed by atoms with Crippen LogP contribution in [0.25, 0.3) is 20.8 Å². The lowest BCUT2D eigenvalue weighted by molar-refractivity contribution is 1.42. The smallest absolute Gasteiger partial charge is 0.226 e. The molecule has 0 radical (unpaired) electrons. The van der Waals surface area contributed by atoms with Crippen molar-refractivity contribution >= 4 is 45.9 Å². The van der Waals surface area contributed by atoms with Gasteiger partial charge in [0.25, 0.3) is 11.4 Å². The fourth-order valence-corrected chi connectivity index (χ4v) is 2.94. The Labute approximate surface area is 141 Å². The highest BCUT2D eigenvalue weighted by Gasteiger charge is 2.31. The summed E-state index contributed by atoms with van der Waals surface area (Å²) in [7, 11) is 0. The van der Waals surface area contributed by atoms with Crippen LogP contribution in [0.1, 0.15) is 17.5 Å². The molecule has 0 bridgehead atoms. The van der Waals surface area contributed by atoms with E-state index in [-0.39, 0.29) is 32.9 Å². The standard InChI is InChI=1S/C15H3Cl3N4/c1-21-11(5-19)7-3-9(12(6-20)22-2)13-8(7)4-10(16)14(17)15(13)18/h4H,3H2. The quantitative estimate of drug-likeness (QED) is 0.361. The fourth-order valence-electron chi connectivity index (χ4n) is 2.22. The van der Waals surface area contributed by atoms with Crippen molar-refractivity contribution in [2.75, 3.05) is 0 Å². The average Bonchev–Trinajstić information content (AvgIpc) is 2.87. The molecular formula is C15H3Cl3N4. The molecule has 0 heterocycles. The predicted molar refractivity (Wildman–Crippen MR) is 84.4 cm³/mol. The molecule has 0 spiro atoms.